The molecule has 0 bridgehead atoms. The molecule has 0 spiro atoms. The van der Waals surface area contributed by atoms with Gasteiger partial charge in [-0.15, -0.1) is 0 Å². The molecule has 0 aromatic heterocycles. The van der Waals surface area contributed by atoms with Gasteiger partial charge in [0.05, 0.1) is 49.7 Å². The lowest BCUT2D eigenvalue weighted by Crippen LogP contribution is -3.00. The summed E-state index contributed by atoms with van der Waals surface area (Å²) in [6.07, 6.45) is 1.19. The Labute approximate surface area is 251 Å². The van der Waals surface area contributed by atoms with E-state index in [1.54, 1.807) is 44.2 Å². The molecule has 216 valence electrons. The van der Waals surface area contributed by atoms with Crippen LogP contribution in [-0.4, -0.2) is 61.8 Å². The molecule has 2 amide bonds. The first-order valence-corrected chi connectivity index (χ1v) is 13.0. The number of anilines is 1. The summed E-state index contributed by atoms with van der Waals surface area (Å²) in [5.74, 6) is -1.48. The summed E-state index contributed by atoms with van der Waals surface area (Å²) >= 11 is 0.983. The molecule has 1 atom stereocenters. The summed E-state index contributed by atoms with van der Waals surface area (Å²) in [5, 5.41) is 2.92. The number of rotatable bonds is 8. The number of carbonyl (C=O) groups excluding carboxylic acids is 4. The van der Waals surface area contributed by atoms with Crippen LogP contribution in [0.15, 0.2) is 69.7 Å². The van der Waals surface area contributed by atoms with Crippen molar-refractivity contribution in [2.75, 3.05) is 33.3 Å². The Morgan fingerprint density at radius 1 is 1.02 bits per heavy atom. The summed E-state index contributed by atoms with van der Waals surface area (Å²) in [6, 6.07) is 10.3. The molecule has 2 aliphatic rings. The predicted molar refractivity (Wildman–Crippen MR) is 148 cm³/mol. The quantitative estimate of drug-likeness (QED) is 0.415. The SMILES string of the molecule is CCOC(=O)C1=C(C)N=C2SC(C(=O)Nc3ccc(C(=O)OC)cc3)=CC(=O)N2C1c1cccc(OC)c1OC.[Br-]. The molecule has 2 aliphatic heterocycles. The van der Waals surface area contributed by atoms with Crippen molar-refractivity contribution in [2.24, 2.45) is 4.99 Å². The van der Waals surface area contributed by atoms with Gasteiger partial charge < -0.3 is 41.2 Å². The topological polar surface area (TPSA) is 133 Å². The molecule has 4 rings (SSSR count). The highest BCUT2D eigenvalue weighted by atomic mass is 79.9. The number of para-hydroxylation sites is 1. The first-order chi connectivity index (χ1) is 19.2. The van der Waals surface area contributed by atoms with Crippen molar-refractivity contribution in [3.05, 3.63) is 75.8 Å². The average Bonchev–Trinajstić information content (AvgIpc) is 2.95. The summed E-state index contributed by atoms with van der Waals surface area (Å²) in [6.45, 7) is 3.45. The highest BCUT2D eigenvalue weighted by molar-refractivity contribution is 8.18. The molecule has 1 N–H and O–H groups in total. The molecule has 41 heavy (non-hydrogen) atoms. The minimum Gasteiger partial charge on any atom is -1.00 e. The van der Waals surface area contributed by atoms with Crippen molar-refractivity contribution in [2.45, 2.75) is 19.9 Å². The second-order valence-corrected chi connectivity index (χ2v) is 9.45. The smallest absolute Gasteiger partial charge is 0.338 e. The van der Waals surface area contributed by atoms with Crippen LogP contribution in [-0.2, 0) is 23.9 Å². The molecule has 0 saturated carbocycles. The lowest BCUT2D eigenvalue weighted by molar-refractivity contribution is -0.139. The molecule has 2 aromatic carbocycles. The Bertz CT molecular complexity index is 1470. The van der Waals surface area contributed by atoms with E-state index < -0.39 is 29.8 Å². The highest BCUT2D eigenvalue weighted by Crippen LogP contribution is 2.46. The third-order valence-corrected chi connectivity index (χ3v) is 7.09. The number of methoxy groups -OCH3 is 3. The van der Waals surface area contributed by atoms with E-state index in [4.69, 9.17) is 14.2 Å². The third kappa shape index (κ3) is 6.30. The van der Waals surface area contributed by atoms with Crippen molar-refractivity contribution < 1.29 is 55.1 Å². The predicted octanol–water partition coefficient (Wildman–Crippen LogP) is 0.840. The van der Waals surface area contributed by atoms with Gasteiger partial charge in [0.25, 0.3) is 11.8 Å². The Morgan fingerprint density at radius 3 is 2.34 bits per heavy atom. The van der Waals surface area contributed by atoms with E-state index in [1.165, 1.54) is 44.4 Å². The molecular formula is C28H27BrN3O8S-. The van der Waals surface area contributed by atoms with Gasteiger partial charge in [0.1, 0.15) is 6.04 Å². The lowest BCUT2D eigenvalue weighted by Gasteiger charge is -2.38. The van der Waals surface area contributed by atoms with E-state index >= 15 is 0 Å². The van der Waals surface area contributed by atoms with Crippen LogP contribution in [0.2, 0.25) is 0 Å². The van der Waals surface area contributed by atoms with Crippen LogP contribution in [0.1, 0.15) is 35.8 Å². The normalized spacial score (nSPS) is 16.0. The number of aliphatic imine (C=N–C) groups is 1. The number of amides is 2. The zero-order chi connectivity index (χ0) is 29.0. The average molecular weight is 646 g/mol. The van der Waals surface area contributed by atoms with Crippen LogP contribution in [0.4, 0.5) is 5.69 Å². The monoisotopic (exact) mass is 644 g/mol. The van der Waals surface area contributed by atoms with Gasteiger partial charge in [-0.05, 0) is 55.9 Å². The van der Waals surface area contributed by atoms with Crippen molar-refractivity contribution in [3.8, 4) is 11.5 Å². The summed E-state index contributed by atoms with van der Waals surface area (Å²) in [4.78, 5) is 57.4. The minimum atomic E-state index is -0.955. The number of fused-ring (bicyclic) bond motifs is 1. The molecule has 0 fully saturated rings. The summed E-state index contributed by atoms with van der Waals surface area (Å²) in [7, 11) is 4.23. The van der Waals surface area contributed by atoms with E-state index in [1.807, 2.05) is 0 Å². The highest BCUT2D eigenvalue weighted by Gasteiger charge is 2.44. The second-order valence-electron chi connectivity index (χ2n) is 8.44. The van der Waals surface area contributed by atoms with Gasteiger partial charge in [0.2, 0.25) is 0 Å². The van der Waals surface area contributed by atoms with E-state index in [0.717, 1.165) is 11.8 Å². The first kappa shape index (κ1) is 31.4. The van der Waals surface area contributed by atoms with Crippen LogP contribution in [0.5, 0.6) is 11.5 Å². The largest absolute Gasteiger partial charge is 1.00 e. The zero-order valence-electron chi connectivity index (χ0n) is 22.8. The summed E-state index contributed by atoms with van der Waals surface area (Å²) < 4.78 is 21.1. The molecule has 1 unspecified atom stereocenters. The number of nitrogens with one attached hydrogen (secondary N) is 1. The fraction of sp³-hybridized carbons (Fsp3) is 0.250. The van der Waals surface area contributed by atoms with Gasteiger partial charge in [0, 0.05) is 17.3 Å². The van der Waals surface area contributed by atoms with Gasteiger partial charge in [-0.25, -0.2) is 14.6 Å². The van der Waals surface area contributed by atoms with Crippen molar-refractivity contribution in [1.29, 1.82) is 0 Å². The number of carbonyl (C=O) groups is 4. The van der Waals surface area contributed by atoms with Gasteiger partial charge in [-0.3, -0.25) is 14.5 Å². The van der Waals surface area contributed by atoms with E-state index in [9.17, 15) is 19.2 Å². The Hall–Kier alpha value is -4.10. The minimum absolute atomic E-state index is 0. The molecule has 0 aliphatic carbocycles. The number of hydrogen-bond acceptors (Lipinski definition) is 10. The maximum absolute atomic E-state index is 13.6. The molecule has 2 aromatic rings. The maximum atomic E-state index is 13.6. The second kappa shape index (κ2) is 13.5. The molecule has 11 nitrogen and oxygen atoms in total. The molecule has 2 heterocycles. The standard InChI is InChI=1S/C28H27N3O8S.BrH/c1-6-39-27(35)22-15(2)29-28-31(23(22)18-8-7-9-19(36-3)24(18)37-4)21(32)14-20(40-28)25(33)30-17-12-10-16(11-13-17)26(34)38-5;/h7-14,23H,6H2,1-5H3,(H,30,33);1H/p-1. The maximum Gasteiger partial charge on any atom is 0.338 e. The Kier molecular flexibility index (Phi) is 10.4. The van der Waals surface area contributed by atoms with Crippen LogP contribution in [0.3, 0.4) is 0 Å². The molecule has 0 saturated heterocycles. The Balaban J connectivity index is 0.00000462. The fourth-order valence-electron chi connectivity index (χ4n) is 4.30. The van der Waals surface area contributed by atoms with Crippen LogP contribution in [0, 0.1) is 0 Å². The lowest BCUT2D eigenvalue weighted by atomic mass is 9.93. The van der Waals surface area contributed by atoms with Crippen molar-refractivity contribution in [3.63, 3.8) is 0 Å². The number of ether oxygens (including phenoxy) is 4. The first-order valence-electron chi connectivity index (χ1n) is 12.1. The molecule has 0 radical (unpaired) electrons. The number of amidine groups is 1. The Morgan fingerprint density at radius 2 is 1.73 bits per heavy atom. The zero-order valence-corrected chi connectivity index (χ0v) is 25.3. The summed E-state index contributed by atoms with van der Waals surface area (Å²) in [5.41, 5.74) is 1.72. The number of esters is 2. The number of benzene rings is 2. The number of hydrogen-bond donors (Lipinski definition) is 1. The number of thioether (sulfide) groups is 1. The van der Waals surface area contributed by atoms with E-state index in [-0.39, 0.29) is 39.2 Å². The van der Waals surface area contributed by atoms with Gasteiger partial charge in [0.15, 0.2) is 16.7 Å². The van der Waals surface area contributed by atoms with E-state index in [0.29, 0.717) is 34.0 Å². The number of allylic oxidation sites excluding steroid dienone is 1. The molecular weight excluding hydrogens is 618 g/mol. The van der Waals surface area contributed by atoms with Crippen molar-refractivity contribution in [1.82, 2.24) is 4.90 Å². The van der Waals surface area contributed by atoms with Crippen LogP contribution >= 0.6 is 11.8 Å². The van der Waals surface area contributed by atoms with Crippen LogP contribution < -0.4 is 31.8 Å². The van der Waals surface area contributed by atoms with Gasteiger partial charge in [-0.2, -0.15) is 0 Å². The number of nitrogens with zero attached hydrogens (tertiary/aromatic N) is 2. The van der Waals surface area contributed by atoms with Crippen molar-refractivity contribution >= 4 is 46.4 Å². The van der Waals surface area contributed by atoms with E-state index in [2.05, 4.69) is 15.0 Å². The fourth-order valence-corrected chi connectivity index (χ4v) is 5.28. The van der Waals surface area contributed by atoms with Crippen LogP contribution in [0.25, 0.3) is 0 Å². The third-order valence-electron chi connectivity index (χ3n) is 6.10. The molecule has 13 heteroatoms. The van der Waals surface area contributed by atoms with Gasteiger partial charge >= 0.3 is 11.9 Å². The van der Waals surface area contributed by atoms with Gasteiger partial charge in [-0.1, -0.05) is 12.1 Å². The number of halogens is 1.